The van der Waals surface area contributed by atoms with Crippen LogP contribution in [0.4, 0.5) is 0 Å². The molecule has 0 aromatic carbocycles. The molecule has 1 amide bonds. The summed E-state index contributed by atoms with van der Waals surface area (Å²) >= 11 is 0. The maximum atomic E-state index is 11.9. The van der Waals surface area contributed by atoms with Gasteiger partial charge in [0.05, 0.1) is 0 Å². The Labute approximate surface area is 95.3 Å². The Morgan fingerprint density at radius 1 is 1.31 bits per heavy atom. The van der Waals surface area contributed by atoms with E-state index >= 15 is 0 Å². The molecule has 2 rings (SSSR count). The minimum Gasteiger partial charge on any atom is -0.348 e. The van der Waals surface area contributed by atoms with Crippen molar-refractivity contribution in [3.05, 3.63) is 30.1 Å². The first kappa shape index (κ1) is 11.1. The van der Waals surface area contributed by atoms with Gasteiger partial charge in [0, 0.05) is 30.0 Å². The first-order valence-corrected chi connectivity index (χ1v) is 5.74. The zero-order valence-corrected chi connectivity index (χ0v) is 9.23. The molecule has 0 bridgehead atoms. The van der Waals surface area contributed by atoms with Gasteiger partial charge in [0.15, 0.2) is 0 Å². The Balaban J connectivity index is 1.96. The van der Waals surface area contributed by atoms with Crippen LogP contribution in [0.25, 0.3) is 0 Å². The van der Waals surface area contributed by atoms with Crippen LogP contribution in [0.1, 0.15) is 36.0 Å². The van der Waals surface area contributed by atoms with Crippen LogP contribution < -0.4 is 11.1 Å². The summed E-state index contributed by atoms with van der Waals surface area (Å²) in [6, 6.07) is 3.64. The largest absolute Gasteiger partial charge is 0.348 e. The van der Waals surface area contributed by atoms with E-state index in [2.05, 4.69) is 10.3 Å². The Morgan fingerprint density at radius 3 is 2.69 bits per heavy atom. The number of hydrogen-bond donors (Lipinski definition) is 2. The normalized spacial score (nSPS) is 25.1. The third-order valence-corrected chi connectivity index (χ3v) is 3.08. The van der Waals surface area contributed by atoms with Crippen LogP contribution in [-0.2, 0) is 0 Å². The highest BCUT2D eigenvalue weighted by molar-refractivity contribution is 5.94. The monoisotopic (exact) mass is 219 g/mol. The smallest absolute Gasteiger partial charge is 0.251 e. The van der Waals surface area contributed by atoms with Gasteiger partial charge in [-0.2, -0.15) is 0 Å². The molecule has 1 fully saturated rings. The fraction of sp³-hybridized carbons (Fsp3) is 0.500. The second-order valence-corrected chi connectivity index (χ2v) is 4.26. The van der Waals surface area contributed by atoms with Crippen LogP contribution in [0, 0.1) is 0 Å². The molecule has 86 valence electrons. The number of rotatable bonds is 2. The average Bonchev–Trinajstić information content (AvgIpc) is 2.33. The van der Waals surface area contributed by atoms with Gasteiger partial charge in [-0.15, -0.1) is 0 Å². The Bertz CT molecular complexity index is 353. The molecule has 0 saturated heterocycles. The van der Waals surface area contributed by atoms with Crippen molar-refractivity contribution in [2.45, 2.75) is 37.8 Å². The average molecular weight is 219 g/mol. The van der Waals surface area contributed by atoms with Crippen molar-refractivity contribution in [1.82, 2.24) is 10.3 Å². The second kappa shape index (κ2) is 5.07. The molecule has 1 heterocycles. The Kier molecular flexibility index (Phi) is 3.51. The highest BCUT2D eigenvalue weighted by Gasteiger charge is 2.23. The van der Waals surface area contributed by atoms with Crippen LogP contribution in [0.15, 0.2) is 24.5 Å². The fourth-order valence-corrected chi connectivity index (χ4v) is 2.09. The van der Waals surface area contributed by atoms with Gasteiger partial charge in [-0.1, -0.05) is 12.8 Å². The van der Waals surface area contributed by atoms with Gasteiger partial charge in [-0.05, 0) is 25.0 Å². The van der Waals surface area contributed by atoms with E-state index in [-0.39, 0.29) is 18.0 Å². The van der Waals surface area contributed by atoms with E-state index in [9.17, 15) is 4.79 Å². The third kappa shape index (κ3) is 2.58. The molecule has 1 aromatic rings. The molecule has 0 unspecified atom stereocenters. The topological polar surface area (TPSA) is 68.0 Å². The Hall–Kier alpha value is -1.42. The molecular formula is C12H17N3O. The molecule has 4 heteroatoms. The van der Waals surface area contributed by atoms with Crippen molar-refractivity contribution >= 4 is 5.91 Å². The first-order valence-electron chi connectivity index (χ1n) is 5.74. The maximum absolute atomic E-state index is 11.9. The molecule has 1 saturated carbocycles. The van der Waals surface area contributed by atoms with Gasteiger partial charge in [-0.25, -0.2) is 0 Å². The molecule has 0 radical (unpaired) electrons. The van der Waals surface area contributed by atoms with Crippen molar-refractivity contribution in [3.8, 4) is 0 Å². The summed E-state index contributed by atoms with van der Waals surface area (Å²) in [4.78, 5) is 15.7. The van der Waals surface area contributed by atoms with Crippen LogP contribution in [0.3, 0.4) is 0 Å². The van der Waals surface area contributed by atoms with Crippen molar-refractivity contribution in [3.63, 3.8) is 0 Å². The summed E-state index contributed by atoms with van der Waals surface area (Å²) in [5.74, 6) is -0.0512. The predicted octanol–water partition coefficient (Wildman–Crippen LogP) is 1.08. The van der Waals surface area contributed by atoms with Crippen LogP contribution in [0.5, 0.6) is 0 Å². The van der Waals surface area contributed by atoms with Crippen molar-refractivity contribution < 1.29 is 4.79 Å². The minimum atomic E-state index is -0.0512. The molecule has 3 N–H and O–H groups in total. The van der Waals surface area contributed by atoms with E-state index in [1.54, 1.807) is 24.5 Å². The molecule has 0 aliphatic heterocycles. The van der Waals surface area contributed by atoms with Crippen LogP contribution in [0.2, 0.25) is 0 Å². The summed E-state index contributed by atoms with van der Waals surface area (Å²) in [6.45, 7) is 0. The van der Waals surface area contributed by atoms with Crippen LogP contribution >= 0.6 is 0 Å². The number of pyridine rings is 1. The zero-order valence-electron chi connectivity index (χ0n) is 9.23. The standard InChI is InChI=1S/C12H17N3O/c13-10-3-1-2-4-11(10)15-12(16)9-5-7-14-8-6-9/h5-8,10-11H,1-4,13H2,(H,15,16)/t10-,11-/m1/s1. The molecule has 1 aliphatic rings. The second-order valence-electron chi connectivity index (χ2n) is 4.26. The van der Waals surface area contributed by atoms with Gasteiger partial charge < -0.3 is 11.1 Å². The van der Waals surface area contributed by atoms with Gasteiger partial charge in [0.2, 0.25) is 0 Å². The molecule has 16 heavy (non-hydrogen) atoms. The van der Waals surface area contributed by atoms with E-state index < -0.39 is 0 Å². The van der Waals surface area contributed by atoms with Gasteiger partial charge in [0.1, 0.15) is 0 Å². The van der Waals surface area contributed by atoms with Crippen molar-refractivity contribution in [2.24, 2.45) is 5.73 Å². The molecule has 0 spiro atoms. The lowest BCUT2D eigenvalue weighted by Gasteiger charge is -2.29. The van der Waals surface area contributed by atoms with Gasteiger partial charge >= 0.3 is 0 Å². The van der Waals surface area contributed by atoms with Gasteiger partial charge in [0.25, 0.3) is 5.91 Å². The molecule has 1 aromatic heterocycles. The number of amides is 1. The van der Waals surface area contributed by atoms with E-state index in [1.165, 1.54) is 6.42 Å². The number of nitrogens with two attached hydrogens (primary N) is 1. The van der Waals surface area contributed by atoms with Gasteiger partial charge in [-0.3, -0.25) is 9.78 Å². The molecular weight excluding hydrogens is 202 g/mol. The lowest BCUT2D eigenvalue weighted by atomic mass is 9.91. The summed E-state index contributed by atoms with van der Waals surface area (Å²) < 4.78 is 0. The summed E-state index contributed by atoms with van der Waals surface area (Å²) in [6.07, 6.45) is 7.54. The van der Waals surface area contributed by atoms with Crippen molar-refractivity contribution in [1.29, 1.82) is 0 Å². The number of hydrogen-bond acceptors (Lipinski definition) is 3. The van der Waals surface area contributed by atoms with E-state index in [4.69, 9.17) is 5.73 Å². The molecule has 1 aliphatic carbocycles. The van der Waals surface area contributed by atoms with Crippen LogP contribution in [-0.4, -0.2) is 23.0 Å². The molecule has 2 atom stereocenters. The lowest BCUT2D eigenvalue weighted by molar-refractivity contribution is 0.0921. The highest BCUT2D eigenvalue weighted by atomic mass is 16.1. The summed E-state index contributed by atoms with van der Waals surface area (Å²) in [5.41, 5.74) is 6.62. The fourth-order valence-electron chi connectivity index (χ4n) is 2.09. The molecule has 4 nitrogen and oxygen atoms in total. The van der Waals surface area contributed by atoms with E-state index in [1.807, 2.05) is 0 Å². The third-order valence-electron chi connectivity index (χ3n) is 3.08. The minimum absolute atomic E-state index is 0.0512. The quantitative estimate of drug-likeness (QED) is 0.782. The number of carbonyl (C=O) groups is 1. The number of aromatic nitrogens is 1. The first-order chi connectivity index (χ1) is 7.77. The maximum Gasteiger partial charge on any atom is 0.251 e. The van der Waals surface area contributed by atoms with E-state index in [0.29, 0.717) is 5.56 Å². The Morgan fingerprint density at radius 2 is 2.00 bits per heavy atom. The number of nitrogens with zero attached hydrogens (tertiary/aromatic N) is 1. The SMILES string of the molecule is N[C@@H]1CCCC[C@H]1NC(=O)c1ccncc1. The van der Waals surface area contributed by atoms with Crippen molar-refractivity contribution in [2.75, 3.05) is 0 Å². The number of carbonyl (C=O) groups excluding carboxylic acids is 1. The number of nitrogens with one attached hydrogen (secondary N) is 1. The predicted molar refractivity (Wildman–Crippen MR) is 61.9 cm³/mol. The summed E-state index contributed by atoms with van der Waals surface area (Å²) in [7, 11) is 0. The highest BCUT2D eigenvalue weighted by Crippen LogP contribution is 2.17. The lowest BCUT2D eigenvalue weighted by Crippen LogP contribution is -2.49. The summed E-state index contributed by atoms with van der Waals surface area (Å²) in [5, 5.41) is 2.99. The van der Waals surface area contributed by atoms with E-state index in [0.717, 1.165) is 19.3 Å². The zero-order chi connectivity index (χ0) is 11.4.